The summed E-state index contributed by atoms with van der Waals surface area (Å²) in [5.74, 6) is 0.778. The van der Waals surface area contributed by atoms with Crippen LogP contribution in [-0.4, -0.2) is 11.8 Å². The molecule has 0 aliphatic carbocycles. The average molecular weight is 213 g/mol. The van der Waals surface area contributed by atoms with E-state index in [1.54, 1.807) is 0 Å². The quantitative estimate of drug-likeness (QED) is 0.702. The molecule has 0 unspecified atom stereocenters. The lowest BCUT2D eigenvalue weighted by atomic mass is 10.2. The summed E-state index contributed by atoms with van der Waals surface area (Å²) in [6.45, 7) is 2.44. The van der Waals surface area contributed by atoms with Gasteiger partial charge < -0.3 is 4.74 Å². The van der Waals surface area contributed by atoms with Crippen molar-refractivity contribution in [2.45, 2.75) is 19.8 Å². The first-order chi connectivity index (χ1) is 6.72. The van der Waals surface area contributed by atoms with Crippen molar-refractivity contribution in [2.24, 2.45) is 0 Å². The largest absolute Gasteiger partial charge is 0.493 e. The van der Waals surface area contributed by atoms with E-state index in [4.69, 9.17) is 16.3 Å². The number of carbonyl (C=O) groups is 1. The van der Waals surface area contributed by atoms with Crippen LogP contribution < -0.4 is 4.74 Å². The molecule has 0 aliphatic rings. The number of benzene rings is 1. The highest BCUT2D eigenvalue weighted by Crippen LogP contribution is 2.12. The van der Waals surface area contributed by atoms with E-state index in [9.17, 15) is 4.79 Å². The highest BCUT2D eigenvalue weighted by Gasteiger charge is 1.97. The van der Waals surface area contributed by atoms with Crippen LogP contribution in [0.25, 0.3) is 0 Å². The summed E-state index contributed by atoms with van der Waals surface area (Å²) in [7, 11) is 0. The zero-order valence-electron chi connectivity index (χ0n) is 8.13. The van der Waals surface area contributed by atoms with Crippen LogP contribution in [0.1, 0.15) is 18.9 Å². The van der Waals surface area contributed by atoms with E-state index in [0.29, 0.717) is 6.61 Å². The Bertz CT molecular complexity index is 293. The van der Waals surface area contributed by atoms with Gasteiger partial charge in [-0.25, -0.2) is 0 Å². The van der Waals surface area contributed by atoms with Crippen molar-refractivity contribution >= 4 is 16.8 Å². The highest BCUT2D eigenvalue weighted by atomic mass is 35.5. The first kappa shape index (κ1) is 11.1. The third-order valence-corrected chi connectivity index (χ3v) is 2.09. The Morgan fingerprint density at radius 2 is 2.00 bits per heavy atom. The van der Waals surface area contributed by atoms with Gasteiger partial charge in [0.25, 0.3) is 0 Å². The maximum Gasteiger partial charge on any atom is 0.225 e. The van der Waals surface area contributed by atoms with Gasteiger partial charge in [-0.2, -0.15) is 0 Å². The molecule has 1 rings (SSSR count). The predicted molar refractivity (Wildman–Crippen MR) is 56.8 cm³/mol. The normalized spacial score (nSPS) is 9.86. The maximum atomic E-state index is 10.4. The van der Waals surface area contributed by atoms with Crippen molar-refractivity contribution in [3.05, 3.63) is 29.8 Å². The van der Waals surface area contributed by atoms with E-state index < -0.39 is 0 Å². The molecule has 0 aliphatic heterocycles. The monoisotopic (exact) mass is 212 g/mol. The summed E-state index contributed by atoms with van der Waals surface area (Å²) in [6, 6.07) is 7.82. The maximum absolute atomic E-state index is 10.4. The van der Waals surface area contributed by atoms with E-state index in [0.717, 1.165) is 12.2 Å². The van der Waals surface area contributed by atoms with E-state index >= 15 is 0 Å². The molecular formula is C11H13ClO2. The summed E-state index contributed by atoms with van der Waals surface area (Å²) >= 11 is 5.17. The molecule has 0 atom stereocenters. The Morgan fingerprint density at radius 1 is 1.36 bits per heavy atom. The number of hydrogen-bond donors (Lipinski definition) is 0. The second-order valence-electron chi connectivity index (χ2n) is 2.95. The van der Waals surface area contributed by atoms with Gasteiger partial charge >= 0.3 is 0 Å². The van der Waals surface area contributed by atoms with Crippen molar-refractivity contribution in [3.63, 3.8) is 0 Å². The fraction of sp³-hybridized carbons (Fsp3) is 0.364. The number of rotatable bonds is 5. The molecule has 0 radical (unpaired) electrons. The average Bonchev–Trinajstić information content (AvgIpc) is 2.18. The van der Waals surface area contributed by atoms with Crippen molar-refractivity contribution < 1.29 is 9.53 Å². The molecule has 76 valence electrons. The number of halogens is 1. The van der Waals surface area contributed by atoms with E-state index in [-0.39, 0.29) is 11.7 Å². The minimum atomic E-state index is -0.366. The molecule has 0 saturated heterocycles. The van der Waals surface area contributed by atoms with Crippen molar-refractivity contribution in [1.29, 1.82) is 0 Å². The molecule has 2 nitrogen and oxygen atoms in total. The third kappa shape index (κ3) is 3.79. The van der Waals surface area contributed by atoms with Crippen LogP contribution in [0.15, 0.2) is 24.3 Å². The van der Waals surface area contributed by atoms with Gasteiger partial charge in [0.05, 0.1) is 13.0 Å². The zero-order valence-corrected chi connectivity index (χ0v) is 8.88. The number of carbonyl (C=O) groups excluding carboxylic acids is 1. The van der Waals surface area contributed by atoms with Crippen molar-refractivity contribution in [1.82, 2.24) is 0 Å². The first-order valence-corrected chi connectivity index (χ1v) is 5.00. The molecule has 0 bridgehead atoms. The SMILES string of the molecule is CCc1ccc(OCCC(=O)Cl)cc1. The highest BCUT2D eigenvalue weighted by molar-refractivity contribution is 6.63. The van der Waals surface area contributed by atoms with Gasteiger partial charge in [-0.3, -0.25) is 4.79 Å². The molecule has 1 aromatic rings. The van der Waals surface area contributed by atoms with Crippen LogP contribution in [0.4, 0.5) is 0 Å². The van der Waals surface area contributed by atoms with Crippen LogP contribution in [0.3, 0.4) is 0 Å². The molecule has 0 spiro atoms. The molecule has 0 aromatic heterocycles. The second kappa shape index (κ2) is 5.66. The van der Waals surface area contributed by atoms with Gasteiger partial charge in [0, 0.05) is 0 Å². The summed E-state index contributed by atoms with van der Waals surface area (Å²) in [4.78, 5) is 10.4. The standard InChI is InChI=1S/C11H13ClO2/c1-2-9-3-5-10(6-4-9)14-8-7-11(12)13/h3-6H,2,7-8H2,1H3. The Labute approximate surface area is 88.8 Å². The van der Waals surface area contributed by atoms with Crippen molar-refractivity contribution in [3.8, 4) is 5.75 Å². The zero-order chi connectivity index (χ0) is 10.4. The second-order valence-corrected chi connectivity index (χ2v) is 3.37. The van der Waals surface area contributed by atoms with E-state index in [1.807, 2.05) is 24.3 Å². The Morgan fingerprint density at radius 3 is 2.50 bits per heavy atom. The fourth-order valence-corrected chi connectivity index (χ4v) is 1.15. The minimum absolute atomic E-state index is 0.247. The van der Waals surface area contributed by atoms with Crippen molar-refractivity contribution in [2.75, 3.05) is 6.61 Å². The minimum Gasteiger partial charge on any atom is -0.493 e. The van der Waals surface area contributed by atoms with Gasteiger partial charge in [-0.05, 0) is 35.7 Å². The van der Waals surface area contributed by atoms with E-state index in [1.165, 1.54) is 5.56 Å². The number of ether oxygens (including phenoxy) is 1. The summed E-state index contributed by atoms with van der Waals surface area (Å²) < 4.78 is 5.31. The fourth-order valence-electron chi connectivity index (χ4n) is 1.07. The van der Waals surface area contributed by atoms with Crippen LogP contribution in [0, 0.1) is 0 Å². The molecule has 3 heteroatoms. The molecule has 0 amide bonds. The lowest BCUT2D eigenvalue weighted by Gasteiger charge is -2.04. The van der Waals surface area contributed by atoms with Gasteiger partial charge in [-0.15, -0.1) is 0 Å². The summed E-state index contributed by atoms with van der Waals surface area (Å²) in [5.41, 5.74) is 1.27. The van der Waals surface area contributed by atoms with Gasteiger partial charge in [-0.1, -0.05) is 19.1 Å². The Hall–Kier alpha value is -1.02. The van der Waals surface area contributed by atoms with E-state index in [2.05, 4.69) is 6.92 Å². The van der Waals surface area contributed by atoms with Gasteiger partial charge in [0.1, 0.15) is 5.75 Å². The number of aryl methyl sites for hydroxylation is 1. The predicted octanol–water partition coefficient (Wildman–Crippen LogP) is 2.78. The van der Waals surface area contributed by atoms with Crippen LogP contribution >= 0.6 is 11.6 Å². The molecular weight excluding hydrogens is 200 g/mol. The topological polar surface area (TPSA) is 26.3 Å². The first-order valence-electron chi connectivity index (χ1n) is 4.62. The third-order valence-electron chi connectivity index (χ3n) is 1.90. The molecule has 0 heterocycles. The Kier molecular flexibility index (Phi) is 4.47. The summed E-state index contributed by atoms with van der Waals surface area (Å²) in [6.07, 6.45) is 1.26. The van der Waals surface area contributed by atoms with Gasteiger partial charge in [0.2, 0.25) is 5.24 Å². The molecule has 14 heavy (non-hydrogen) atoms. The van der Waals surface area contributed by atoms with Crippen LogP contribution in [0.2, 0.25) is 0 Å². The lowest BCUT2D eigenvalue weighted by molar-refractivity contribution is -0.112. The molecule has 0 saturated carbocycles. The lowest BCUT2D eigenvalue weighted by Crippen LogP contribution is -2.01. The smallest absolute Gasteiger partial charge is 0.225 e. The molecule has 1 aromatic carbocycles. The van der Waals surface area contributed by atoms with Crippen LogP contribution in [0.5, 0.6) is 5.75 Å². The molecule has 0 fully saturated rings. The van der Waals surface area contributed by atoms with Gasteiger partial charge in [0.15, 0.2) is 0 Å². The Balaban J connectivity index is 2.40. The summed E-state index contributed by atoms with van der Waals surface area (Å²) in [5, 5.41) is -0.366. The van der Waals surface area contributed by atoms with Crippen LogP contribution in [-0.2, 0) is 11.2 Å². The number of hydrogen-bond acceptors (Lipinski definition) is 2. The molecule has 0 N–H and O–H groups in total.